The zero-order valence-corrected chi connectivity index (χ0v) is 17.9. The Balaban J connectivity index is 1.71. The van der Waals surface area contributed by atoms with Gasteiger partial charge in [0.05, 0.1) is 19.1 Å². The van der Waals surface area contributed by atoms with Gasteiger partial charge in [-0.2, -0.15) is 0 Å². The molecule has 3 rings (SSSR count). The van der Waals surface area contributed by atoms with Gasteiger partial charge in [-0.3, -0.25) is 14.5 Å². The molecule has 29 heavy (non-hydrogen) atoms. The smallest absolute Gasteiger partial charge is 0.266 e. The minimum absolute atomic E-state index is 0.137. The second-order valence-corrected chi connectivity index (χ2v) is 7.97. The Morgan fingerprint density at radius 1 is 1.14 bits per heavy atom. The first-order valence-electron chi connectivity index (χ1n) is 8.75. The van der Waals surface area contributed by atoms with Crippen molar-refractivity contribution in [2.75, 3.05) is 26.1 Å². The number of nitrogens with zero attached hydrogens (tertiary/aromatic N) is 1. The Bertz CT molecular complexity index is 987. The second-order valence-electron chi connectivity index (χ2n) is 6.30. The van der Waals surface area contributed by atoms with E-state index < -0.39 is 0 Å². The van der Waals surface area contributed by atoms with Crippen LogP contribution in [0.2, 0.25) is 0 Å². The molecule has 8 heteroatoms. The van der Waals surface area contributed by atoms with Crippen molar-refractivity contribution in [3.63, 3.8) is 0 Å². The number of anilines is 1. The number of carbonyl (C=O) groups is 2. The molecule has 1 heterocycles. The number of thioether (sulfide) groups is 1. The summed E-state index contributed by atoms with van der Waals surface area (Å²) in [5.74, 6) is 0.561. The lowest BCUT2D eigenvalue weighted by Gasteiger charge is -2.14. The summed E-state index contributed by atoms with van der Waals surface area (Å²) < 4.78 is 10.9. The molecule has 6 nitrogen and oxygen atoms in total. The molecule has 1 N–H and O–H groups in total. The molecule has 1 saturated heterocycles. The summed E-state index contributed by atoms with van der Waals surface area (Å²) in [6.07, 6.45) is 1.72. The highest BCUT2D eigenvalue weighted by Crippen LogP contribution is 2.34. The number of rotatable bonds is 6. The van der Waals surface area contributed by atoms with Gasteiger partial charge in [-0.05, 0) is 42.8 Å². The molecule has 1 aliphatic heterocycles. The molecule has 0 radical (unpaired) electrons. The van der Waals surface area contributed by atoms with E-state index in [2.05, 4.69) is 5.32 Å². The number of hydrogen-bond acceptors (Lipinski definition) is 6. The normalized spacial score (nSPS) is 15.0. The zero-order chi connectivity index (χ0) is 21.0. The predicted octanol–water partition coefficient (Wildman–Crippen LogP) is 3.85. The van der Waals surface area contributed by atoms with Crippen LogP contribution in [0.1, 0.15) is 11.1 Å². The molecular formula is C21H20N2O4S2. The van der Waals surface area contributed by atoms with Crippen molar-refractivity contribution >= 4 is 51.9 Å². The molecule has 0 aromatic heterocycles. The molecule has 2 aromatic rings. The molecule has 0 aliphatic carbocycles. The van der Waals surface area contributed by atoms with Crippen LogP contribution in [0.15, 0.2) is 47.4 Å². The van der Waals surface area contributed by atoms with Gasteiger partial charge in [0, 0.05) is 5.69 Å². The van der Waals surface area contributed by atoms with E-state index in [1.54, 1.807) is 32.4 Å². The third-order valence-electron chi connectivity index (χ3n) is 4.22. The standard InChI is InChI=1S/C21H20N2O4S2/c1-13-4-7-15(8-5-13)22-19(24)12-23-20(25)18(29-21(23)28)11-14-6-9-16(26-2)17(10-14)27-3/h4-11H,12H2,1-3H3,(H,22,24)/b18-11-. The maximum atomic E-state index is 12.7. The molecule has 0 unspecified atom stereocenters. The monoisotopic (exact) mass is 428 g/mol. The summed E-state index contributed by atoms with van der Waals surface area (Å²) in [7, 11) is 3.11. The Kier molecular flexibility index (Phi) is 6.56. The third kappa shape index (κ3) is 4.96. The van der Waals surface area contributed by atoms with Gasteiger partial charge in [0.15, 0.2) is 11.5 Å². The number of methoxy groups -OCH3 is 2. The first-order valence-corrected chi connectivity index (χ1v) is 9.97. The van der Waals surface area contributed by atoms with Gasteiger partial charge in [0.2, 0.25) is 5.91 Å². The number of aryl methyl sites for hydroxylation is 1. The molecule has 2 aromatic carbocycles. The van der Waals surface area contributed by atoms with Crippen LogP contribution < -0.4 is 14.8 Å². The van der Waals surface area contributed by atoms with Crippen molar-refractivity contribution in [1.29, 1.82) is 0 Å². The molecule has 1 fully saturated rings. The van der Waals surface area contributed by atoms with E-state index in [1.165, 1.54) is 16.7 Å². The number of ether oxygens (including phenoxy) is 2. The third-order valence-corrected chi connectivity index (χ3v) is 5.59. The Labute approximate surface area is 178 Å². The second kappa shape index (κ2) is 9.11. The fourth-order valence-corrected chi connectivity index (χ4v) is 3.97. The van der Waals surface area contributed by atoms with Gasteiger partial charge in [-0.25, -0.2) is 0 Å². The van der Waals surface area contributed by atoms with Crippen molar-refractivity contribution in [1.82, 2.24) is 4.90 Å². The van der Waals surface area contributed by atoms with E-state index in [-0.39, 0.29) is 18.4 Å². The van der Waals surface area contributed by atoms with Crippen LogP contribution in [0, 0.1) is 6.92 Å². The van der Waals surface area contributed by atoms with Gasteiger partial charge in [0.25, 0.3) is 5.91 Å². The van der Waals surface area contributed by atoms with Crippen LogP contribution in [-0.2, 0) is 9.59 Å². The number of carbonyl (C=O) groups excluding carboxylic acids is 2. The van der Waals surface area contributed by atoms with Crippen LogP contribution in [0.4, 0.5) is 5.69 Å². The maximum absolute atomic E-state index is 12.7. The number of nitrogens with one attached hydrogen (secondary N) is 1. The average molecular weight is 429 g/mol. The van der Waals surface area contributed by atoms with E-state index >= 15 is 0 Å². The molecule has 150 valence electrons. The molecular weight excluding hydrogens is 408 g/mol. The fraction of sp³-hybridized carbons (Fsp3) is 0.190. The summed E-state index contributed by atoms with van der Waals surface area (Å²) in [4.78, 5) is 26.8. The van der Waals surface area contributed by atoms with Crippen molar-refractivity contribution in [2.45, 2.75) is 6.92 Å². The molecule has 0 atom stereocenters. The largest absolute Gasteiger partial charge is 0.493 e. The average Bonchev–Trinajstić information content (AvgIpc) is 2.97. The summed E-state index contributed by atoms with van der Waals surface area (Å²) in [6.45, 7) is 1.83. The number of hydrogen-bond donors (Lipinski definition) is 1. The fourth-order valence-electron chi connectivity index (χ4n) is 2.71. The highest BCUT2D eigenvalue weighted by atomic mass is 32.2. The minimum atomic E-state index is -0.308. The van der Waals surface area contributed by atoms with Gasteiger partial charge in [0.1, 0.15) is 10.9 Å². The molecule has 0 spiro atoms. The highest BCUT2D eigenvalue weighted by molar-refractivity contribution is 8.26. The topological polar surface area (TPSA) is 67.9 Å². The Hall–Kier alpha value is -2.84. The summed E-state index contributed by atoms with van der Waals surface area (Å²) in [6, 6.07) is 12.8. The lowest BCUT2D eigenvalue weighted by molar-refractivity contribution is -0.126. The molecule has 0 bridgehead atoms. The van der Waals surface area contributed by atoms with E-state index in [9.17, 15) is 9.59 Å². The minimum Gasteiger partial charge on any atom is -0.493 e. The SMILES string of the molecule is COc1ccc(/C=C2\SC(=S)N(CC(=O)Nc3ccc(C)cc3)C2=O)cc1OC. The maximum Gasteiger partial charge on any atom is 0.266 e. The van der Waals surface area contributed by atoms with Crippen LogP contribution in [0.3, 0.4) is 0 Å². The number of benzene rings is 2. The molecule has 0 saturated carbocycles. The summed E-state index contributed by atoms with van der Waals surface area (Å²) in [5.41, 5.74) is 2.54. The van der Waals surface area contributed by atoms with E-state index in [0.29, 0.717) is 26.4 Å². The Morgan fingerprint density at radius 3 is 2.48 bits per heavy atom. The van der Waals surface area contributed by atoms with E-state index in [1.807, 2.05) is 37.3 Å². The van der Waals surface area contributed by atoms with Crippen molar-refractivity contribution in [2.24, 2.45) is 0 Å². The first-order chi connectivity index (χ1) is 13.9. The van der Waals surface area contributed by atoms with Gasteiger partial charge < -0.3 is 14.8 Å². The van der Waals surface area contributed by atoms with Gasteiger partial charge >= 0.3 is 0 Å². The lowest BCUT2D eigenvalue weighted by Crippen LogP contribution is -2.36. The van der Waals surface area contributed by atoms with Gasteiger partial charge in [-0.1, -0.05) is 47.7 Å². The van der Waals surface area contributed by atoms with Crippen molar-refractivity contribution in [3.05, 3.63) is 58.5 Å². The molecule has 1 aliphatic rings. The van der Waals surface area contributed by atoms with Gasteiger partial charge in [-0.15, -0.1) is 0 Å². The predicted molar refractivity (Wildman–Crippen MR) is 119 cm³/mol. The van der Waals surface area contributed by atoms with Crippen LogP contribution in [0.25, 0.3) is 6.08 Å². The highest BCUT2D eigenvalue weighted by Gasteiger charge is 2.33. The summed E-state index contributed by atoms with van der Waals surface area (Å²) >= 11 is 6.47. The Morgan fingerprint density at radius 2 is 1.83 bits per heavy atom. The first kappa shape index (κ1) is 20.9. The number of amides is 2. The van der Waals surface area contributed by atoms with Crippen molar-refractivity contribution in [3.8, 4) is 11.5 Å². The lowest BCUT2D eigenvalue weighted by atomic mass is 10.2. The van der Waals surface area contributed by atoms with E-state index in [4.69, 9.17) is 21.7 Å². The summed E-state index contributed by atoms with van der Waals surface area (Å²) in [5, 5.41) is 2.78. The quantitative estimate of drug-likeness (QED) is 0.557. The van der Waals surface area contributed by atoms with Crippen molar-refractivity contribution < 1.29 is 19.1 Å². The van der Waals surface area contributed by atoms with E-state index in [0.717, 1.165) is 11.1 Å². The molecule has 2 amide bonds. The van der Waals surface area contributed by atoms with Crippen LogP contribution in [0.5, 0.6) is 11.5 Å². The zero-order valence-electron chi connectivity index (χ0n) is 16.2. The number of thiocarbonyl (C=S) groups is 1. The van der Waals surface area contributed by atoms with Crippen LogP contribution in [-0.4, -0.2) is 41.8 Å². The van der Waals surface area contributed by atoms with Crippen LogP contribution >= 0.6 is 24.0 Å².